The molecule has 4 nitrogen and oxygen atoms in total. The van der Waals surface area contributed by atoms with E-state index in [0.717, 1.165) is 5.96 Å². The Bertz CT molecular complexity index is 906. The molecule has 0 spiro atoms. The summed E-state index contributed by atoms with van der Waals surface area (Å²) >= 11 is 0. The second kappa shape index (κ2) is 9.14. The molecule has 3 aromatic carbocycles. The predicted molar refractivity (Wildman–Crippen MR) is 122 cm³/mol. The van der Waals surface area contributed by atoms with Crippen LogP contribution in [0, 0.1) is 0 Å². The maximum absolute atomic E-state index is 10.0. The fraction of sp³-hybridized carbons (Fsp3) is 0.269. The van der Waals surface area contributed by atoms with E-state index in [0.29, 0.717) is 6.42 Å². The van der Waals surface area contributed by atoms with Crippen LogP contribution in [0.2, 0.25) is 0 Å². The Morgan fingerprint density at radius 1 is 0.733 bits per heavy atom. The lowest BCUT2D eigenvalue weighted by atomic mass is 9.93. The van der Waals surface area contributed by atoms with Crippen molar-refractivity contribution in [3.8, 4) is 0 Å². The highest BCUT2D eigenvalue weighted by atomic mass is 16.3. The van der Waals surface area contributed by atoms with Gasteiger partial charge in [0.2, 0.25) is 0 Å². The molecular formula is C26H29N3O. The van der Waals surface area contributed by atoms with Crippen molar-refractivity contribution in [1.29, 1.82) is 0 Å². The van der Waals surface area contributed by atoms with Crippen LogP contribution in [0.1, 0.15) is 28.8 Å². The van der Waals surface area contributed by atoms with Gasteiger partial charge >= 0.3 is 0 Å². The van der Waals surface area contributed by atoms with E-state index in [1.807, 2.05) is 18.2 Å². The smallest absolute Gasteiger partial charge is 0.197 e. The molecule has 0 aromatic heterocycles. The molecular weight excluding hydrogens is 370 g/mol. The number of aliphatic hydroxyl groups excluding tert-OH is 1. The first kappa shape index (κ1) is 20.2. The standard InChI is InChI=1S/C26H29N3O/c1-28-24(21-14-8-4-9-15-21)25(22-16-10-5-11-17-22)29(2)26(28)27-23(19-30)18-20-12-6-3-7-13-20/h3-17,23-25,30H,18-19H2,1-2H3/t23?,24-,25-/m0/s1. The summed E-state index contributed by atoms with van der Waals surface area (Å²) < 4.78 is 0. The Kier molecular flexibility index (Phi) is 6.15. The van der Waals surface area contributed by atoms with Gasteiger partial charge in [0.1, 0.15) is 0 Å². The molecule has 4 rings (SSSR count). The van der Waals surface area contributed by atoms with E-state index in [4.69, 9.17) is 4.99 Å². The van der Waals surface area contributed by atoms with Crippen molar-refractivity contribution >= 4 is 5.96 Å². The Balaban J connectivity index is 1.70. The fourth-order valence-electron chi connectivity index (χ4n) is 4.42. The number of aliphatic hydroxyl groups is 1. The van der Waals surface area contributed by atoms with Crippen molar-refractivity contribution in [3.05, 3.63) is 108 Å². The summed E-state index contributed by atoms with van der Waals surface area (Å²) in [5.74, 6) is 0.910. The molecule has 1 fully saturated rings. The SMILES string of the molecule is CN1C(=NC(CO)Cc2ccccc2)N(C)[C@@H](c2ccccc2)[C@@H]1c1ccccc1. The van der Waals surface area contributed by atoms with Crippen molar-refractivity contribution < 1.29 is 5.11 Å². The highest BCUT2D eigenvalue weighted by Gasteiger charge is 2.42. The van der Waals surface area contributed by atoms with E-state index in [1.54, 1.807) is 0 Å². The van der Waals surface area contributed by atoms with E-state index in [2.05, 4.69) is 96.7 Å². The second-order valence-corrected chi connectivity index (χ2v) is 7.89. The van der Waals surface area contributed by atoms with Gasteiger partial charge in [-0.2, -0.15) is 0 Å². The first-order valence-corrected chi connectivity index (χ1v) is 10.5. The summed E-state index contributed by atoms with van der Waals surface area (Å²) in [7, 11) is 4.21. The van der Waals surface area contributed by atoms with E-state index in [-0.39, 0.29) is 24.7 Å². The molecule has 1 unspecified atom stereocenters. The van der Waals surface area contributed by atoms with E-state index in [1.165, 1.54) is 16.7 Å². The van der Waals surface area contributed by atoms with Gasteiger partial charge in [0.05, 0.1) is 24.7 Å². The van der Waals surface area contributed by atoms with Crippen LogP contribution in [0.15, 0.2) is 96.0 Å². The van der Waals surface area contributed by atoms with Crippen molar-refractivity contribution in [2.75, 3.05) is 20.7 Å². The molecule has 30 heavy (non-hydrogen) atoms. The molecule has 1 aliphatic rings. The van der Waals surface area contributed by atoms with Gasteiger partial charge in [0, 0.05) is 14.1 Å². The molecule has 4 heteroatoms. The number of hydrogen-bond donors (Lipinski definition) is 1. The first-order valence-electron chi connectivity index (χ1n) is 10.5. The highest BCUT2D eigenvalue weighted by Crippen LogP contribution is 2.43. The number of guanidine groups is 1. The molecule has 3 atom stereocenters. The molecule has 0 bridgehead atoms. The summed E-state index contributed by atoms with van der Waals surface area (Å²) in [5, 5.41) is 10.0. The lowest BCUT2D eigenvalue weighted by molar-refractivity contribution is 0.264. The van der Waals surface area contributed by atoms with Crippen LogP contribution in [0.4, 0.5) is 0 Å². The zero-order valence-electron chi connectivity index (χ0n) is 17.6. The van der Waals surface area contributed by atoms with Crippen molar-refractivity contribution in [3.63, 3.8) is 0 Å². The summed E-state index contributed by atoms with van der Waals surface area (Å²) in [6, 6.07) is 31.5. The minimum absolute atomic E-state index is 0.0199. The lowest BCUT2D eigenvalue weighted by Gasteiger charge is -2.26. The number of rotatable bonds is 6. The molecule has 1 heterocycles. The fourth-order valence-corrected chi connectivity index (χ4v) is 4.42. The third kappa shape index (κ3) is 4.10. The zero-order valence-corrected chi connectivity index (χ0v) is 17.6. The maximum atomic E-state index is 10.0. The third-order valence-corrected chi connectivity index (χ3v) is 5.87. The molecule has 0 amide bonds. The number of aliphatic imine (C=N–C) groups is 1. The normalized spacial score (nSPS) is 19.8. The van der Waals surface area contributed by atoms with E-state index >= 15 is 0 Å². The third-order valence-electron chi connectivity index (χ3n) is 5.87. The van der Waals surface area contributed by atoms with Crippen molar-refractivity contribution in [2.24, 2.45) is 4.99 Å². The first-order chi connectivity index (χ1) is 14.7. The van der Waals surface area contributed by atoms with E-state index < -0.39 is 0 Å². The topological polar surface area (TPSA) is 39.1 Å². The summed E-state index contributed by atoms with van der Waals surface area (Å²) in [5.41, 5.74) is 3.70. The van der Waals surface area contributed by atoms with E-state index in [9.17, 15) is 5.11 Å². The Hall–Kier alpha value is -3.11. The number of benzene rings is 3. The van der Waals surface area contributed by atoms with Gasteiger partial charge in [-0.3, -0.25) is 0 Å². The summed E-state index contributed by atoms with van der Waals surface area (Å²) in [6.45, 7) is 0.0199. The number of nitrogens with zero attached hydrogens (tertiary/aromatic N) is 3. The monoisotopic (exact) mass is 399 g/mol. The second-order valence-electron chi connectivity index (χ2n) is 7.89. The van der Waals surface area contributed by atoms with Gasteiger partial charge < -0.3 is 14.9 Å². The highest BCUT2D eigenvalue weighted by molar-refractivity contribution is 5.83. The Morgan fingerprint density at radius 2 is 1.17 bits per heavy atom. The quantitative estimate of drug-likeness (QED) is 0.671. The average Bonchev–Trinajstić information content (AvgIpc) is 3.05. The number of hydrogen-bond acceptors (Lipinski definition) is 2. The van der Waals surface area contributed by atoms with Crippen LogP contribution >= 0.6 is 0 Å². The van der Waals surface area contributed by atoms with Crippen molar-refractivity contribution in [2.45, 2.75) is 24.5 Å². The maximum Gasteiger partial charge on any atom is 0.197 e. The van der Waals surface area contributed by atoms with Gasteiger partial charge in [-0.1, -0.05) is 91.0 Å². The van der Waals surface area contributed by atoms with Crippen LogP contribution in [0.3, 0.4) is 0 Å². The van der Waals surface area contributed by atoms with Gasteiger partial charge in [0.25, 0.3) is 0 Å². The van der Waals surface area contributed by atoms with Gasteiger partial charge in [-0.05, 0) is 23.1 Å². The largest absolute Gasteiger partial charge is 0.394 e. The molecule has 3 aromatic rings. The van der Waals surface area contributed by atoms with Gasteiger partial charge in [-0.15, -0.1) is 0 Å². The van der Waals surface area contributed by atoms with Crippen LogP contribution in [0.5, 0.6) is 0 Å². The molecule has 0 aliphatic carbocycles. The van der Waals surface area contributed by atoms with Crippen molar-refractivity contribution in [1.82, 2.24) is 9.80 Å². The Morgan fingerprint density at radius 3 is 1.60 bits per heavy atom. The molecule has 0 saturated carbocycles. The van der Waals surface area contributed by atoms with Crippen LogP contribution < -0.4 is 0 Å². The molecule has 1 aliphatic heterocycles. The zero-order chi connectivity index (χ0) is 20.9. The molecule has 1 saturated heterocycles. The molecule has 0 radical (unpaired) electrons. The van der Waals surface area contributed by atoms with Crippen LogP contribution in [-0.4, -0.2) is 47.6 Å². The summed E-state index contributed by atoms with van der Waals surface area (Å²) in [4.78, 5) is 9.52. The van der Waals surface area contributed by atoms with Gasteiger partial charge in [0.15, 0.2) is 5.96 Å². The summed E-state index contributed by atoms with van der Waals surface area (Å²) in [6.07, 6.45) is 0.717. The minimum atomic E-state index is -0.182. The minimum Gasteiger partial charge on any atom is -0.394 e. The van der Waals surface area contributed by atoms with Crippen LogP contribution in [0.25, 0.3) is 0 Å². The van der Waals surface area contributed by atoms with Gasteiger partial charge in [-0.25, -0.2) is 4.99 Å². The number of likely N-dealkylation sites (N-methyl/N-ethyl adjacent to an activating group) is 2. The van der Waals surface area contributed by atoms with Crippen LogP contribution in [-0.2, 0) is 6.42 Å². The molecule has 154 valence electrons. The average molecular weight is 400 g/mol. The Labute approximate surface area is 179 Å². The molecule has 1 N–H and O–H groups in total. The lowest BCUT2D eigenvalue weighted by Crippen LogP contribution is -2.32. The predicted octanol–water partition coefficient (Wildman–Crippen LogP) is 4.31.